The summed E-state index contributed by atoms with van der Waals surface area (Å²) in [5, 5.41) is 11.1. The van der Waals surface area contributed by atoms with Crippen molar-refractivity contribution in [1.29, 1.82) is 0 Å². The summed E-state index contributed by atoms with van der Waals surface area (Å²) in [5.41, 5.74) is -6.45. The largest absolute Gasteiger partial charge is 0.833 e. The molecule has 0 aliphatic rings. The fourth-order valence-corrected chi connectivity index (χ4v) is 1.16. The summed E-state index contributed by atoms with van der Waals surface area (Å²) in [6.07, 6.45) is -11.9. The molecule has 0 bridgehead atoms. The van der Waals surface area contributed by atoms with Crippen LogP contribution in [0.25, 0.3) is 0 Å². The van der Waals surface area contributed by atoms with Crippen LogP contribution in [0.3, 0.4) is 0 Å². The third-order valence-corrected chi connectivity index (χ3v) is 1.98. The molecule has 0 spiro atoms. The van der Waals surface area contributed by atoms with E-state index < -0.39 is 23.5 Å². The molecular weight excluding hydrogens is 300 g/mol. The van der Waals surface area contributed by atoms with Crippen molar-refractivity contribution in [2.45, 2.75) is 18.0 Å². The van der Waals surface area contributed by atoms with Gasteiger partial charge in [0.15, 0.2) is 0 Å². The van der Waals surface area contributed by atoms with E-state index in [2.05, 4.69) is 28.2 Å². The lowest BCUT2D eigenvalue weighted by molar-refractivity contribution is -0.849. The van der Waals surface area contributed by atoms with E-state index in [-0.39, 0.29) is 0 Å². The van der Waals surface area contributed by atoms with Gasteiger partial charge in [-0.25, -0.2) is 0 Å². The highest BCUT2D eigenvalue weighted by atomic mass is 19.4. The van der Waals surface area contributed by atoms with Gasteiger partial charge in [0, 0.05) is 0 Å². The minimum absolute atomic E-state index is 0.508. The predicted octanol–water partition coefficient (Wildman–Crippen LogP) is 2.69. The minimum atomic E-state index is -5.94. The van der Waals surface area contributed by atoms with Gasteiger partial charge in [-0.15, -0.1) is 0 Å². The SMILES string of the molecule is C[N+](C)(C)C.[O-]C(c1ccccc1)(C(F)(F)F)C(F)(F)F. The normalized spacial score (nSPS) is 13.5. The van der Waals surface area contributed by atoms with Crippen molar-refractivity contribution in [2.24, 2.45) is 0 Å². The Balaban J connectivity index is 0.000000690. The first-order valence-corrected chi connectivity index (χ1v) is 5.79. The van der Waals surface area contributed by atoms with Crippen LogP contribution in [0.5, 0.6) is 0 Å². The second kappa shape index (κ2) is 6.23. The summed E-state index contributed by atoms with van der Waals surface area (Å²) >= 11 is 0. The van der Waals surface area contributed by atoms with Crippen LogP contribution in [0.4, 0.5) is 26.3 Å². The fraction of sp³-hybridized carbons (Fsp3) is 0.538. The zero-order valence-electron chi connectivity index (χ0n) is 12.0. The maximum Gasteiger partial charge on any atom is 0.392 e. The number of halogens is 6. The van der Waals surface area contributed by atoms with E-state index in [0.717, 1.165) is 16.6 Å². The van der Waals surface area contributed by atoms with Gasteiger partial charge in [0.1, 0.15) is 5.60 Å². The van der Waals surface area contributed by atoms with Crippen molar-refractivity contribution in [3.63, 3.8) is 0 Å². The van der Waals surface area contributed by atoms with E-state index in [0.29, 0.717) is 12.1 Å². The van der Waals surface area contributed by atoms with E-state index in [9.17, 15) is 31.4 Å². The zero-order valence-corrected chi connectivity index (χ0v) is 12.0. The fourth-order valence-electron chi connectivity index (χ4n) is 1.16. The van der Waals surface area contributed by atoms with Crippen LogP contribution in [0.2, 0.25) is 0 Å². The molecule has 0 saturated heterocycles. The molecule has 0 amide bonds. The molecule has 0 radical (unpaired) electrons. The first kappa shape index (κ1) is 19.7. The Morgan fingerprint density at radius 1 is 0.762 bits per heavy atom. The molecule has 0 heterocycles. The molecule has 8 heteroatoms. The lowest BCUT2D eigenvalue weighted by atomic mass is 9.92. The number of alkyl halides is 6. The Hall–Kier alpha value is -1.28. The van der Waals surface area contributed by atoms with Gasteiger partial charge in [0.05, 0.1) is 28.2 Å². The summed E-state index contributed by atoms with van der Waals surface area (Å²) in [6, 6.07) is 4.12. The minimum Gasteiger partial charge on any atom is -0.833 e. The van der Waals surface area contributed by atoms with Crippen molar-refractivity contribution in [2.75, 3.05) is 28.2 Å². The van der Waals surface area contributed by atoms with E-state index in [4.69, 9.17) is 0 Å². The van der Waals surface area contributed by atoms with E-state index in [1.54, 1.807) is 0 Å². The first-order chi connectivity index (χ1) is 9.11. The van der Waals surface area contributed by atoms with Crippen LogP contribution < -0.4 is 5.11 Å². The molecule has 0 fully saturated rings. The van der Waals surface area contributed by atoms with Crippen LogP contribution in [0.15, 0.2) is 30.3 Å². The summed E-state index contributed by atoms with van der Waals surface area (Å²) in [4.78, 5) is 0. The van der Waals surface area contributed by atoms with Crippen molar-refractivity contribution in [3.05, 3.63) is 35.9 Å². The number of nitrogens with zero attached hydrogens (tertiary/aromatic N) is 1. The van der Waals surface area contributed by atoms with Crippen LogP contribution in [0, 0.1) is 0 Å². The third-order valence-electron chi connectivity index (χ3n) is 1.98. The molecule has 0 aliphatic heterocycles. The Kier molecular flexibility index (Phi) is 5.85. The molecule has 0 unspecified atom stereocenters. The smallest absolute Gasteiger partial charge is 0.392 e. The Morgan fingerprint density at radius 3 is 1.29 bits per heavy atom. The van der Waals surface area contributed by atoms with E-state index in [1.807, 2.05) is 0 Å². The molecule has 0 aliphatic carbocycles. The van der Waals surface area contributed by atoms with Gasteiger partial charge >= 0.3 is 12.4 Å². The summed E-state index contributed by atoms with van der Waals surface area (Å²) in [5.74, 6) is 0. The van der Waals surface area contributed by atoms with Crippen LogP contribution in [-0.2, 0) is 5.60 Å². The maximum absolute atomic E-state index is 12.3. The highest BCUT2D eigenvalue weighted by Gasteiger charge is 2.62. The van der Waals surface area contributed by atoms with Crippen LogP contribution >= 0.6 is 0 Å². The molecule has 21 heavy (non-hydrogen) atoms. The average Bonchev–Trinajstić information content (AvgIpc) is 2.23. The highest BCUT2D eigenvalue weighted by molar-refractivity contribution is 5.25. The van der Waals surface area contributed by atoms with Gasteiger partial charge in [-0.1, -0.05) is 30.3 Å². The maximum atomic E-state index is 12.3. The van der Waals surface area contributed by atoms with Crippen molar-refractivity contribution in [3.8, 4) is 0 Å². The third kappa shape index (κ3) is 5.55. The Morgan fingerprint density at radius 2 is 1.05 bits per heavy atom. The van der Waals surface area contributed by atoms with Gasteiger partial charge in [-0.05, 0) is 5.56 Å². The predicted molar refractivity (Wildman–Crippen MR) is 64.2 cm³/mol. The van der Waals surface area contributed by atoms with Crippen molar-refractivity contribution < 1.29 is 35.9 Å². The molecule has 0 saturated carbocycles. The molecule has 1 rings (SSSR count). The average molecular weight is 317 g/mol. The lowest BCUT2D eigenvalue weighted by Gasteiger charge is -2.43. The molecule has 1 aromatic carbocycles. The van der Waals surface area contributed by atoms with Crippen molar-refractivity contribution >= 4 is 0 Å². The molecule has 122 valence electrons. The summed E-state index contributed by atoms with van der Waals surface area (Å²) in [7, 11) is 8.50. The van der Waals surface area contributed by atoms with Gasteiger partial charge in [0.2, 0.25) is 0 Å². The zero-order chi connectivity index (χ0) is 17.1. The Labute approximate surface area is 119 Å². The first-order valence-electron chi connectivity index (χ1n) is 5.79. The number of hydrogen-bond acceptors (Lipinski definition) is 1. The van der Waals surface area contributed by atoms with Gasteiger partial charge in [0.25, 0.3) is 0 Å². The quantitative estimate of drug-likeness (QED) is 0.577. The number of benzene rings is 1. The van der Waals surface area contributed by atoms with Gasteiger partial charge in [-0.3, -0.25) is 0 Å². The Bertz CT molecular complexity index is 413. The second-order valence-corrected chi connectivity index (χ2v) is 5.73. The number of quaternary nitrogens is 1. The van der Waals surface area contributed by atoms with Gasteiger partial charge in [-0.2, -0.15) is 26.3 Å². The summed E-state index contributed by atoms with van der Waals surface area (Å²) in [6.45, 7) is 0. The lowest BCUT2D eigenvalue weighted by Crippen LogP contribution is -2.63. The standard InChI is InChI=1S/C9H5F6O.C4H12N/c10-8(11,12)7(16,9(13,14)15)6-4-2-1-3-5-6;1-5(2,3)4/h1-5H;1-4H3/q-1;+1. The number of hydrogen-bond donors (Lipinski definition) is 0. The molecule has 0 atom stereocenters. The van der Waals surface area contributed by atoms with Gasteiger partial charge < -0.3 is 9.59 Å². The second-order valence-electron chi connectivity index (χ2n) is 5.73. The topological polar surface area (TPSA) is 23.1 Å². The number of rotatable bonds is 1. The van der Waals surface area contributed by atoms with Crippen LogP contribution in [0.1, 0.15) is 5.56 Å². The van der Waals surface area contributed by atoms with E-state index >= 15 is 0 Å². The summed E-state index contributed by atoms with van der Waals surface area (Å²) < 4.78 is 74.5. The molecule has 1 aromatic rings. The van der Waals surface area contributed by atoms with Crippen LogP contribution in [-0.4, -0.2) is 45.0 Å². The molecule has 0 aromatic heterocycles. The molecule has 0 N–H and O–H groups in total. The molecule has 2 nitrogen and oxygen atoms in total. The molecular formula is C13H17F6NO. The monoisotopic (exact) mass is 317 g/mol. The van der Waals surface area contributed by atoms with Crippen molar-refractivity contribution in [1.82, 2.24) is 0 Å². The van der Waals surface area contributed by atoms with E-state index in [1.165, 1.54) is 6.07 Å². The highest BCUT2D eigenvalue weighted by Crippen LogP contribution is 2.47.